The molecule has 0 radical (unpaired) electrons. The van der Waals surface area contributed by atoms with E-state index in [0.717, 1.165) is 0 Å². The van der Waals surface area contributed by atoms with Crippen molar-refractivity contribution in [1.29, 1.82) is 0 Å². The average molecular weight is 1490 g/mol. The fraction of sp³-hybridized carbons (Fsp3) is 0.156. The average Bonchev–Trinajstić information content (AvgIpc) is 0.781. The van der Waals surface area contributed by atoms with Crippen LogP contribution in [0.2, 0.25) is 0 Å². The third-order valence-electron chi connectivity index (χ3n) is 9.02. The van der Waals surface area contributed by atoms with Gasteiger partial charge >= 0.3 is 92.0 Å². The summed E-state index contributed by atoms with van der Waals surface area (Å²) in [7, 11) is -51.8. The second-order valence-electron chi connectivity index (χ2n) is 14.9. The zero-order chi connectivity index (χ0) is 66.6. The summed E-state index contributed by atoms with van der Waals surface area (Å²) < 4.78 is 364. The van der Waals surface area contributed by atoms with Gasteiger partial charge in [0, 0.05) is 0 Å². The molecule has 6 aromatic rings. The van der Waals surface area contributed by atoms with E-state index in [0.29, 0.717) is 0 Å². The first-order chi connectivity index (χ1) is 38.9. The van der Waals surface area contributed by atoms with Crippen LogP contribution in [0.15, 0.2) is 211 Å². The zero-order valence-corrected chi connectivity index (χ0v) is 52.0. The van der Waals surface area contributed by atoms with E-state index >= 15 is 0 Å². The summed E-state index contributed by atoms with van der Waals surface area (Å²) in [6.45, 7) is 0. The van der Waals surface area contributed by atoms with Gasteiger partial charge in [-0.25, -0.2) is 0 Å². The van der Waals surface area contributed by atoms with Crippen LogP contribution < -0.4 is 56.1 Å². The maximum Gasteiger partial charge on any atom is 1.00 e. The molecule has 0 saturated carbocycles. The Balaban J connectivity index is 0. The Morgan fingerprint density at radius 1 is 0.258 bits per heavy atom. The van der Waals surface area contributed by atoms with E-state index in [1.54, 1.807) is 0 Å². The van der Waals surface area contributed by atoms with E-state index in [1.807, 2.05) is 0 Å². The molecule has 0 unspecified atom stereocenters. The van der Waals surface area contributed by atoms with Crippen LogP contribution in [-0.4, -0.2) is 91.1 Å². The van der Waals surface area contributed by atoms with Gasteiger partial charge in [-0.1, -0.05) is 117 Å². The summed E-state index contributed by atoms with van der Waals surface area (Å²) in [6, 6.07) is 64.3. The molecule has 492 valence electrons. The van der Waals surface area contributed by atoms with Gasteiger partial charge in [0.1, 0.15) is 0 Å². The van der Waals surface area contributed by atoms with E-state index in [9.17, 15) is 142 Å². The second-order valence-corrected chi connectivity index (χ2v) is 31.8. The monoisotopic (exact) mass is 1490 g/mol. The number of sulfone groups is 6. The summed E-state index contributed by atoms with van der Waals surface area (Å²) >= 11 is 0. The van der Waals surface area contributed by atoms with Crippen LogP contribution in [-0.2, 0) is 80.8 Å². The molecule has 0 aliphatic heterocycles. The van der Waals surface area contributed by atoms with Gasteiger partial charge in [0.25, 0.3) is 0 Å². The molecule has 6 rings (SSSR count). The molecular weight excluding hydrogens is 1460 g/mol. The van der Waals surface area contributed by atoms with Crippen molar-refractivity contribution in [1.82, 2.24) is 0 Å². The molecular formula is C45H34BF22KO12S8. The van der Waals surface area contributed by atoms with Gasteiger partial charge in [0.05, 0.1) is 29.6 Å². The van der Waals surface area contributed by atoms with Crippen molar-refractivity contribution in [2.45, 2.75) is 69.8 Å². The molecule has 89 heavy (non-hydrogen) atoms. The molecule has 0 spiro atoms. The Morgan fingerprint density at radius 3 is 0.427 bits per heavy atom. The molecule has 0 heterocycles. The van der Waals surface area contributed by atoms with E-state index < -0.39 is 107 Å². The number of rotatable bonds is 12. The molecule has 0 N–H and O–H groups in total. The molecule has 0 aliphatic carbocycles. The molecule has 0 fully saturated rings. The number of benzene rings is 6. The molecule has 6 aromatic carbocycles. The first kappa shape index (κ1) is 86.9. The summed E-state index contributed by atoms with van der Waals surface area (Å²) in [5.41, 5.74) is -42.3. The smallest absolute Gasteiger partial charge is 1.00 e. The normalized spacial score (nSPS) is 12.8. The van der Waals surface area contributed by atoms with E-state index in [1.165, 1.54) is 29.4 Å². The van der Waals surface area contributed by atoms with Gasteiger partial charge in [-0.05, 0) is 72.8 Å². The zero-order valence-electron chi connectivity index (χ0n) is 42.4. The third-order valence-corrected chi connectivity index (χ3v) is 27.7. The van der Waals surface area contributed by atoms with Crippen molar-refractivity contribution < 1.29 is 199 Å². The van der Waals surface area contributed by atoms with Crippen LogP contribution in [0.25, 0.3) is 0 Å². The van der Waals surface area contributed by atoms with Gasteiger partial charge < -0.3 is 4.70 Å². The summed E-state index contributed by atoms with van der Waals surface area (Å²) in [4.78, 5) is 8.17. The quantitative estimate of drug-likeness (QED) is 0.0504. The minimum atomic E-state index is -8.02. The maximum atomic E-state index is 12.0. The van der Waals surface area contributed by atoms with Crippen molar-refractivity contribution in [3.05, 3.63) is 190 Å². The molecule has 44 heteroatoms. The van der Waals surface area contributed by atoms with Crippen LogP contribution in [0, 0.1) is 7.83 Å². The number of hydrogen-bond acceptors (Lipinski definition) is 12. The Labute approximate surface area is 541 Å². The standard InChI is InChI=1S/2C18H15S.2C4F9O6S3.CH4.BF3.FH.K/c2*1-4-10-16(11-5-1)19(17-12-6-2-7-13-17)18-14-8-3-9-15-18;2*5-2(6,7)20(14,15)1(21(16,17)3(8,9)10)22(18,19)4(11,12)13;;2-1(3)4;;/h2*1-15H;;;1H4;;1H;/q2*+1;2*-1;;;;+1/p-1. The molecule has 0 aromatic heterocycles. The second kappa shape index (κ2) is 33.6. The molecule has 0 aliphatic rings. The van der Waals surface area contributed by atoms with Crippen LogP contribution in [0.3, 0.4) is 0 Å². The van der Waals surface area contributed by atoms with Crippen LogP contribution in [0.4, 0.5) is 92.0 Å². The topological polar surface area (TPSA) is 205 Å². The Hall–Kier alpha value is -4.12. The van der Waals surface area contributed by atoms with E-state index in [4.69, 9.17) is 0 Å². The van der Waals surface area contributed by atoms with Gasteiger partial charge in [0.2, 0.25) is 0 Å². The van der Waals surface area contributed by atoms with Gasteiger partial charge in [-0.15, -0.1) is 0 Å². The minimum Gasteiger partial charge on any atom is -1.00 e. The third kappa shape index (κ3) is 22.6. The van der Waals surface area contributed by atoms with E-state index in [-0.39, 0.29) is 85.3 Å². The van der Waals surface area contributed by atoms with Crippen molar-refractivity contribution in [2.75, 3.05) is 0 Å². The van der Waals surface area contributed by atoms with Gasteiger partial charge in [-0.3, -0.25) is 63.5 Å². The predicted octanol–water partition coefficient (Wildman–Crippen LogP) is 7.56. The van der Waals surface area contributed by atoms with Crippen LogP contribution in [0.1, 0.15) is 7.43 Å². The maximum absolute atomic E-state index is 12.0. The van der Waals surface area contributed by atoms with Gasteiger partial charge in [-0.2, -0.15) is 79.0 Å². The molecule has 0 bridgehead atoms. The first-order valence-electron chi connectivity index (χ1n) is 21.2. The number of hydrogen-bond donors (Lipinski definition) is 0. The fourth-order valence-electron chi connectivity index (χ4n) is 5.59. The largest absolute Gasteiger partial charge is 1.00 e. The summed E-state index contributed by atoms with van der Waals surface area (Å²) in [5, 5.41) is 0. The summed E-state index contributed by atoms with van der Waals surface area (Å²) in [6.07, 6.45) is 0. The van der Waals surface area contributed by atoms with Gasteiger partial charge in [0.15, 0.2) is 88.4 Å². The Bertz CT molecular complexity index is 3180. The number of alkyl halides is 18. The molecule has 0 atom stereocenters. The number of halogens is 22. The molecule has 0 amide bonds. The van der Waals surface area contributed by atoms with Crippen molar-refractivity contribution >= 4 is 88.4 Å². The van der Waals surface area contributed by atoms with Crippen molar-refractivity contribution in [3.63, 3.8) is 0 Å². The Kier molecular flexibility index (Phi) is 32.9. The molecule has 12 nitrogen and oxygen atoms in total. The van der Waals surface area contributed by atoms with Crippen LogP contribution in [0.5, 0.6) is 0 Å². The predicted molar refractivity (Wildman–Crippen MR) is 275 cm³/mol. The Morgan fingerprint density at radius 2 is 0.348 bits per heavy atom. The van der Waals surface area contributed by atoms with Crippen LogP contribution >= 0.6 is 0 Å². The van der Waals surface area contributed by atoms with Crippen molar-refractivity contribution in [2.24, 2.45) is 0 Å². The SMILES string of the molecule is C.FB(F)F.O=S(=O)([C-](S(=O)(=O)C(F)(F)F)S(=O)(=O)C(F)(F)F)C(F)(F)F.O=S(=O)([C-](S(=O)(=O)C(F)(F)F)S(=O)(=O)C(F)(F)F)C(F)(F)F.[F-].[K+].c1ccc([S+](c2ccccc2)c2ccccc2)cc1.c1ccc([S+](c2ccccc2)c2ccccc2)cc1. The van der Waals surface area contributed by atoms with Crippen molar-refractivity contribution in [3.8, 4) is 0 Å². The first-order valence-corrected chi connectivity index (χ1v) is 32.5. The minimum absolute atomic E-state index is 0. The fourth-order valence-corrected chi connectivity index (χ4v) is 21.3. The summed E-state index contributed by atoms with van der Waals surface area (Å²) in [5.74, 6) is 0. The van der Waals surface area contributed by atoms with E-state index in [2.05, 4.69) is 182 Å². The molecule has 0 saturated heterocycles.